The van der Waals surface area contributed by atoms with Crippen molar-refractivity contribution in [1.29, 1.82) is 0 Å². The van der Waals surface area contributed by atoms with Gasteiger partial charge in [-0.3, -0.25) is 0 Å². The smallest absolute Gasteiger partial charge is 0.596 e. The van der Waals surface area contributed by atoms with Crippen LogP contribution in [-0.4, -0.2) is 37.7 Å². The normalized spacial score (nSPS) is 12.4. The van der Waals surface area contributed by atoms with Crippen molar-refractivity contribution < 1.29 is 47.4 Å². The van der Waals surface area contributed by atoms with E-state index in [1.165, 1.54) is 4.31 Å². The zero-order valence-electron chi connectivity index (χ0n) is 8.76. The molecule has 78 valence electrons. The molecule has 0 bridgehead atoms. The second-order valence-electron chi connectivity index (χ2n) is 2.46. The van der Waals surface area contributed by atoms with Gasteiger partial charge in [0.2, 0.25) is 10.0 Å². The van der Waals surface area contributed by atoms with Gasteiger partial charge in [-0.1, -0.05) is 18.4 Å². The monoisotopic (exact) mass is 250 g/mol. The molecule has 0 aliphatic carbocycles. The summed E-state index contributed by atoms with van der Waals surface area (Å²) in [6.07, 6.45) is -0.297. The molecule has 0 saturated carbocycles. The molecule has 14 heavy (non-hydrogen) atoms. The average Bonchev–Trinajstić information content (AvgIpc) is 2.03. The Morgan fingerprint density at radius 3 is 2.00 bits per heavy atom. The summed E-state index contributed by atoms with van der Waals surface area (Å²) in [5, 5.41) is 0. The van der Waals surface area contributed by atoms with Crippen molar-refractivity contribution in [3.8, 4) is 0 Å². The van der Waals surface area contributed by atoms with E-state index in [9.17, 15) is 17.9 Å². The Bertz CT molecular complexity index is 265. The second-order valence-corrected chi connectivity index (χ2v) is 5.66. The molecule has 0 rings (SSSR count). The molecule has 0 aromatic carbocycles. The Morgan fingerprint density at radius 1 is 1.29 bits per heavy atom. The summed E-state index contributed by atoms with van der Waals surface area (Å²) in [5.41, 5.74) is 0. The molecule has 0 radical (unpaired) electrons. The van der Waals surface area contributed by atoms with Crippen LogP contribution in [0.5, 0.6) is 0 Å². The SMILES string of the molecule is CCN(CC)S(=O)(=O)CC[P+](=O)[O-].[Na+]. The summed E-state index contributed by atoms with van der Waals surface area (Å²) in [6, 6.07) is 0. The van der Waals surface area contributed by atoms with Crippen LogP contribution in [0, 0.1) is 0 Å². The number of nitrogens with zero attached hydrogens (tertiary/aromatic N) is 1. The molecule has 0 aliphatic rings. The summed E-state index contributed by atoms with van der Waals surface area (Å²) >= 11 is 0. The third-order valence-corrected chi connectivity index (χ3v) is 4.55. The van der Waals surface area contributed by atoms with Crippen molar-refractivity contribution in [2.45, 2.75) is 13.8 Å². The molecular formula is C6H14NNaO4PS+. The minimum absolute atomic E-state index is 0. The van der Waals surface area contributed by atoms with Gasteiger partial charge in [0.25, 0.3) is 0 Å². The Labute approximate surface area is 108 Å². The van der Waals surface area contributed by atoms with Crippen LogP contribution >= 0.6 is 8.03 Å². The first-order valence-corrected chi connectivity index (χ1v) is 7.00. The third kappa shape index (κ3) is 6.45. The van der Waals surface area contributed by atoms with E-state index < -0.39 is 18.1 Å². The Hall–Kier alpha value is 0.970. The fraction of sp³-hybridized carbons (Fsp3) is 1.00. The van der Waals surface area contributed by atoms with Crippen molar-refractivity contribution in [1.82, 2.24) is 4.31 Å². The third-order valence-electron chi connectivity index (χ3n) is 1.63. The van der Waals surface area contributed by atoms with Gasteiger partial charge in [0.1, 0.15) is 5.75 Å². The van der Waals surface area contributed by atoms with Crippen LogP contribution in [0.2, 0.25) is 0 Å². The predicted octanol–water partition coefficient (Wildman–Crippen LogP) is -3.24. The van der Waals surface area contributed by atoms with E-state index in [-0.39, 0.29) is 41.5 Å². The number of hydrogen-bond acceptors (Lipinski definition) is 4. The van der Waals surface area contributed by atoms with Gasteiger partial charge in [-0.25, -0.2) is 12.7 Å². The van der Waals surface area contributed by atoms with Gasteiger partial charge in [0.15, 0.2) is 6.16 Å². The minimum atomic E-state index is -3.37. The van der Waals surface area contributed by atoms with Crippen molar-refractivity contribution in [3.63, 3.8) is 0 Å². The molecule has 0 aromatic rings. The zero-order valence-corrected chi connectivity index (χ0v) is 12.5. The van der Waals surface area contributed by atoms with Crippen LogP contribution in [0.15, 0.2) is 0 Å². The van der Waals surface area contributed by atoms with Crippen molar-refractivity contribution in [3.05, 3.63) is 0 Å². The van der Waals surface area contributed by atoms with E-state index >= 15 is 0 Å². The molecule has 0 amide bonds. The Kier molecular flexibility index (Phi) is 10.1. The van der Waals surface area contributed by atoms with E-state index in [0.29, 0.717) is 13.1 Å². The average molecular weight is 250 g/mol. The minimum Gasteiger partial charge on any atom is -0.596 e. The number of hydrogen-bond donors (Lipinski definition) is 0. The molecule has 0 spiro atoms. The quantitative estimate of drug-likeness (QED) is 0.367. The van der Waals surface area contributed by atoms with E-state index in [1.807, 2.05) is 0 Å². The molecule has 5 nitrogen and oxygen atoms in total. The maximum Gasteiger partial charge on any atom is 1.00 e. The molecule has 0 aromatic heterocycles. The molecule has 8 heteroatoms. The topological polar surface area (TPSA) is 77.5 Å². The molecule has 0 N–H and O–H groups in total. The first kappa shape index (κ1) is 17.4. The summed E-state index contributed by atoms with van der Waals surface area (Å²) in [6.45, 7) is 4.21. The van der Waals surface area contributed by atoms with Gasteiger partial charge in [-0.2, -0.15) is 0 Å². The van der Waals surface area contributed by atoms with Crippen molar-refractivity contribution in [2.24, 2.45) is 0 Å². The van der Waals surface area contributed by atoms with Gasteiger partial charge >= 0.3 is 37.6 Å². The maximum absolute atomic E-state index is 11.4. The van der Waals surface area contributed by atoms with E-state index in [1.54, 1.807) is 13.8 Å². The summed E-state index contributed by atoms with van der Waals surface area (Å²) in [4.78, 5) is 10.2. The summed E-state index contributed by atoms with van der Waals surface area (Å²) < 4.78 is 34.2. The van der Waals surface area contributed by atoms with Gasteiger partial charge < -0.3 is 4.89 Å². The maximum atomic E-state index is 11.4. The van der Waals surface area contributed by atoms with Crippen LogP contribution in [0.3, 0.4) is 0 Å². The van der Waals surface area contributed by atoms with Crippen LogP contribution < -0.4 is 34.5 Å². The molecule has 0 saturated heterocycles. The van der Waals surface area contributed by atoms with Gasteiger partial charge in [-0.05, 0) is 0 Å². The molecule has 0 fully saturated rings. The fourth-order valence-corrected chi connectivity index (χ4v) is 3.50. The van der Waals surface area contributed by atoms with Gasteiger partial charge in [0.05, 0.1) is 0 Å². The first-order valence-electron chi connectivity index (χ1n) is 4.03. The van der Waals surface area contributed by atoms with E-state index in [0.717, 1.165) is 0 Å². The number of sulfonamides is 1. The Balaban J connectivity index is 0. The largest absolute Gasteiger partial charge is 1.00 e. The molecule has 0 heterocycles. The summed E-state index contributed by atoms with van der Waals surface area (Å²) in [7, 11) is -5.97. The van der Waals surface area contributed by atoms with Gasteiger partial charge in [0, 0.05) is 13.1 Å². The van der Waals surface area contributed by atoms with Gasteiger partial charge in [-0.15, -0.1) is 0 Å². The van der Waals surface area contributed by atoms with Crippen LogP contribution in [0.4, 0.5) is 0 Å². The van der Waals surface area contributed by atoms with Crippen molar-refractivity contribution >= 4 is 18.1 Å². The van der Waals surface area contributed by atoms with Crippen LogP contribution in [-0.2, 0) is 14.6 Å². The molecule has 1 atom stereocenters. The van der Waals surface area contributed by atoms with Crippen LogP contribution in [0.1, 0.15) is 13.8 Å². The van der Waals surface area contributed by atoms with Crippen LogP contribution in [0.25, 0.3) is 0 Å². The first-order chi connectivity index (χ1) is 5.94. The fourth-order valence-electron chi connectivity index (χ4n) is 0.936. The molecule has 1 unspecified atom stereocenters. The summed E-state index contributed by atoms with van der Waals surface area (Å²) in [5.74, 6) is -0.312. The second kappa shape index (κ2) is 8.16. The predicted molar refractivity (Wildman–Crippen MR) is 49.2 cm³/mol. The van der Waals surface area contributed by atoms with E-state index in [2.05, 4.69) is 0 Å². The van der Waals surface area contributed by atoms with E-state index in [4.69, 9.17) is 0 Å². The molecule has 0 aliphatic heterocycles. The Morgan fingerprint density at radius 2 is 1.71 bits per heavy atom. The number of rotatable bonds is 6. The standard InChI is InChI=1S/C6H14NO4PS.Na/c1-3-7(4-2)13(10,11)6-5-12(8)9;/h3-6H2,1-2H3;/q;+1. The molecular weight excluding hydrogens is 236 g/mol. The zero-order chi connectivity index (χ0) is 10.5. The van der Waals surface area contributed by atoms with Crippen molar-refractivity contribution in [2.75, 3.05) is 25.0 Å².